The number of hydrogen-bond donors (Lipinski definition) is 0. The van der Waals surface area contributed by atoms with Gasteiger partial charge in [0, 0.05) is 7.11 Å². The summed E-state index contributed by atoms with van der Waals surface area (Å²) < 4.78 is 19.0. The van der Waals surface area contributed by atoms with Crippen molar-refractivity contribution in [3.63, 3.8) is 0 Å². The first-order chi connectivity index (χ1) is 9.51. The zero-order valence-electron chi connectivity index (χ0n) is 12.3. The van der Waals surface area contributed by atoms with E-state index in [1.807, 2.05) is 6.92 Å². The van der Waals surface area contributed by atoms with E-state index in [4.69, 9.17) is 9.47 Å². The third kappa shape index (κ3) is 6.01. The van der Waals surface area contributed by atoms with Crippen LogP contribution in [0, 0.1) is 5.92 Å². The molecule has 0 N–H and O–H groups in total. The van der Waals surface area contributed by atoms with Crippen LogP contribution in [-0.4, -0.2) is 51.9 Å². The summed E-state index contributed by atoms with van der Waals surface area (Å²) in [6, 6.07) is 0. The first-order valence-electron chi connectivity index (χ1n) is 6.35. The van der Waals surface area contributed by atoms with Crippen LogP contribution in [0.4, 0.5) is 0 Å². The molecule has 0 aromatic carbocycles. The zero-order valence-corrected chi connectivity index (χ0v) is 12.3. The summed E-state index contributed by atoms with van der Waals surface area (Å²) >= 11 is 0. The number of unbranched alkanes of at least 4 members (excludes halogenated alkanes) is 1. The largest absolute Gasteiger partial charge is 0.469 e. The Morgan fingerprint density at radius 1 is 1.00 bits per heavy atom. The Balaban J connectivity index is 4.89. The molecular formula is C13H22O7. The smallest absolute Gasteiger partial charge is 0.335 e. The van der Waals surface area contributed by atoms with Gasteiger partial charge in [-0.1, -0.05) is 13.3 Å². The molecule has 20 heavy (non-hydrogen) atoms. The van der Waals surface area contributed by atoms with Gasteiger partial charge in [0.05, 0.1) is 27.2 Å². The molecule has 0 amide bonds. The standard InChI is InChI=1S/C13H22O7/c1-5-6-7-20-12(15)9(8-10(14)17-2)11(18-3)13(16)19-4/h9,11H,5-8H2,1-4H3. The summed E-state index contributed by atoms with van der Waals surface area (Å²) in [4.78, 5) is 34.9. The van der Waals surface area contributed by atoms with E-state index in [1.54, 1.807) is 0 Å². The van der Waals surface area contributed by atoms with Gasteiger partial charge in [0.2, 0.25) is 0 Å². The van der Waals surface area contributed by atoms with Gasteiger partial charge in [-0.15, -0.1) is 0 Å². The van der Waals surface area contributed by atoms with Crippen LogP contribution in [0.15, 0.2) is 0 Å². The second-order valence-electron chi connectivity index (χ2n) is 4.09. The van der Waals surface area contributed by atoms with Crippen molar-refractivity contribution in [2.24, 2.45) is 5.92 Å². The fourth-order valence-electron chi connectivity index (χ4n) is 1.54. The molecule has 0 radical (unpaired) electrons. The van der Waals surface area contributed by atoms with Crippen molar-refractivity contribution in [2.75, 3.05) is 27.9 Å². The van der Waals surface area contributed by atoms with Crippen LogP contribution in [0.25, 0.3) is 0 Å². The summed E-state index contributed by atoms with van der Waals surface area (Å²) in [5.74, 6) is -3.14. The van der Waals surface area contributed by atoms with Crippen LogP contribution in [0.5, 0.6) is 0 Å². The average Bonchev–Trinajstić information content (AvgIpc) is 2.46. The van der Waals surface area contributed by atoms with Crippen molar-refractivity contribution in [1.29, 1.82) is 0 Å². The van der Waals surface area contributed by atoms with Gasteiger partial charge in [-0.2, -0.15) is 0 Å². The maximum absolute atomic E-state index is 12.0. The van der Waals surface area contributed by atoms with Crippen molar-refractivity contribution in [3.8, 4) is 0 Å². The topological polar surface area (TPSA) is 88.1 Å². The molecule has 0 spiro atoms. The van der Waals surface area contributed by atoms with Crippen molar-refractivity contribution in [2.45, 2.75) is 32.3 Å². The number of ether oxygens (including phenoxy) is 4. The molecule has 0 bridgehead atoms. The minimum atomic E-state index is -1.20. The van der Waals surface area contributed by atoms with Crippen LogP contribution < -0.4 is 0 Å². The first kappa shape index (κ1) is 18.4. The average molecular weight is 290 g/mol. The van der Waals surface area contributed by atoms with Crippen LogP contribution in [0.3, 0.4) is 0 Å². The van der Waals surface area contributed by atoms with E-state index in [2.05, 4.69) is 9.47 Å². The Morgan fingerprint density at radius 2 is 1.65 bits per heavy atom. The molecule has 7 heteroatoms. The molecule has 0 aromatic rings. The number of hydrogen-bond acceptors (Lipinski definition) is 7. The lowest BCUT2D eigenvalue weighted by Gasteiger charge is -2.21. The lowest BCUT2D eigenvalue weighted by Crippen LogP contribution is -2.39. The van der Waals surface area contributed by atoms with Crippen molar-refractivity contribution >= 4 is 17.9 Å². The predicted molar refractivity (Wildman–Crippen MR) is 68.8 cm³/mol. The molecule has 0 aliphatic rings. The van der Waals surface area contributed by atoms with E-state index in [1.165, 1.54) is 21.3 Å². The van der Waals surface area contributed by atoms with Gasteiger partial charge in [-0.25, -0.2) is 4.79 Å². The van der Waals surface area contributed by atoms with E-state index < -0.39 is 29.9 Å². The normalized spacial score (nSPS) is 13.2. The number of methoxy groups -OCH3 is 3. The predicted octanol–water partition coefficient (Wildman–Crippen LogP) is 0.697. The molecule has 0 aromatic heterocycles. The highest BCUT2D eigenvalue weighted by atomic mass is 16.6. The van der Waals surface area contributed by atoms with E-state index >= 15 is 0 Å². The van der Waals surface area contributed by atoms with Crippen molar-refractivity contribution in [1.82, 2.24) is 0 Å². The lowest BCUT2D eigenvalue weighted by molar-refractivity contribution is -0.170. The van der Waals surface area contributed by atoms with Gasteiger partial charge in [0.25, 0.3) is 0 Å². The maximum atomic E-state index is 12.0. The van der Waals surface area contributed by atoms with Gasteiger partial charge in [-0.05, 0) is 6.42 Å². The summed E-state index contributed by atoms with van der Waals surface area (Å²) in [6.07, 6.45) is 0.0506. The highest BCUT2D eigenvalue weighted by Crippen LogP contribution is 2.17. The molecular weight excluding hydrogens is 268 g/mol. The molecule has 0 rings (SSSR count). The maximum Gasteiger partial charge on any atom is 0.335 e. The minimum Gasteiger partial charge on any atom is -0.469 e. The van der Waals surface area contributed by atoms with Crippen molar-refractivity contribution < 1.29 is 33.3 Å². The Kier molecular flexibility index (Phi) is 9.36. The molecule has 0 saturated carbocycles. The summed E-state index contributed by atoms with van der Waals surface area (Å²) in [5, 5.41) is 0. The van der Waals surface area contributed by atoms with Crippen molar-refractivity contribution in [3.05, 3.63) is 0 Å². The SMILES string of the molecule is CCCCOC(=O)C(CC(=O)OC)C(OC)C(=O)OC. The number of carbonyl (C=O) groups is 3. The summed E-state index contributed by atoms with van der Waals surface area (Å²) in [7, 11) is 3.62. The van der Waals surface area contributed by atoms with Gasteiger partial charge in [0.1, 0.15) is 5.92 Å². The second kappa shape index (κ2) is 10.2. The lowest BCUT2D eigenvalue weighted by atomic mass is 9.98. The van der Waals surface area contributed by atoms with Crippen LogP contribution in [-0.2, 0) is 33.3 Å². The Bertz CT molecular complexity index is 327. The Morgan fingerprint density at radius 3 is 2.10 bits per heavy atom. The number of esters is 3. The molecule has 116 valence electrons. The molecule has 0 heterocycles. The van der Waals surface area contributed by atoms with E-state index in [9.17, 15) is 14.4 Å². The van der Waals surface area contributed by atoms with Crippen LogP contribution in [0.1, 0.15) is 26.2 Å². The van der Waals surface area contributed by atoms with Crippen LogP contribution in [0.2, 0.25) is 0 Å². The van der Waals surface area contributed by atoms with Gasteiger partial charge < -0.3 is 18.9 Å². The molecule has 0 saturated heterocycles. The van der Waals surface area contributed by atoms with Gasteiger partial charge in [0.15, 0.2) is 6.10 Å². The summed E-state index contributed by atoms with van der Waals surface area (Å²) in [6.45, 7) is 2.18. The van der Waals surface area contributed by atoms with Gasteiger partial charge in [-0.3, -0.25) is 9.59 Å². The Labute approximate surface area is 118 Å². The highest BCUT2D eigenvalue weighted by Gasteiger charge is 2.38. The van der Waals surface area contributed by atoms with Gasteiger partial charge >= 0.3 is 17.9 Å². The molecule has 2 atom stereocenters. The molecule has 0 aliphatic heterocycles. The van der Waals surface area contributed by atoms with E-state index in [0.717, 1.165) is 6.42 Å². The Hall–Kier alpha value is -1.63. The molecule has 2 unspecified atom stereocenters. The first-order valence-corrected chi connectivity index (χ1v) is 6.35. The molecule has 0 fully saturated rings. The third-order valence-electron chi connectivity index (χ3n) is 2.71. The number of carbonyl (C=O) groups excluding carboxylic acids is 3. The quantitative estimate of drug-likeness (QED) is 0.351. The third-order valence-corrected chi connectivity index (χ3v) is 2.71. The molecule has 0 aliphatic carbocycles. The number of rotatable bonds is 9. The second-order valence-corrected chi connectivity index (χ2v) is 4.09. The van der Waals surface area contributed by atoms with Crippen LogP contribution >= 0.6 is 0 Å². The van der Waals surface area contributed by atoms with E-state index in [0.29, 0.717) is 6.42 Å². The monoisotopic (exact) mass is 290 g/mol. The highest BCUT2D eigenvalue weighted by molar-refractivity contribution is 5.87. The fraction of sp³-hybridized carbons (Fsp3) is 0.769. The summed E-state index contributed by atoms with van der Waals surface area (Å²) in [5.41, 5.74) is 0. The van der Waals surface area contributed by atoms with E-state index in [-0.39, 0.29) is 13.0 Å². The fourth-order valence-corrected chi connectivity index (χ4v) is 1.54. The molecule has 7 nitrogen and oxygen atoms in total. The minimum absolute atomic E-state index is 0.227. The zero-order chi connectivity index (χ0) is 15.5.